The summed E-state index contributed by atoms with van der Waals surface area (Å²) in [5.41, 5.74) is 3.74. The fourth-order valence-electron chi connectivity index (χ4n) is 4.72. The number of allylic oxidation sites excluding steroid dienone is 1. The van der Waals surface area contributed by atoms with Gasteiger partial charge in [0.05, 0.1) is 28.8 Å². The molecule has 174 valence electrons. The molecule has 1 saturated heterocycles. The highest BCUT2D eigenvalue weighted by Crippen LogP contribution is 2.45. The summed E-state index contributed by atoms with van der Waals surface area (Å²) in [5, 5.41) is 1.62. The highest BCUT2D eigenvalue weighted by molar-refractivity contribution is 7.51. The number of methoxy groups -OCH3 is 1. The number of aromatic nitrogens is 2. The number of nitrogens with zero attached hydrogens (tertiary/aromatic N) is 5. The molecule has 3 aliphatic heterocycles. The number of amides is 1. The fourth-order valence-corrected chi connectivity index (χ4v) is 6.34. The van der Waals surface area contributed by atoms with E-state index in [4.69, 9.17) is 16.3 Å². The van der Waals surface area contributed by atoms with E-state index >= 15 is 0 Å². The van der Waals surface area contributed by atoms with Gasteiger partial charge in [-0.15, -0.1) is 0 Å². The van der Waals surface area contributed by atoms with E-state index in [1.165, 1.54) is 0 Å². The SMILES string of the molecule is COCCN1CCN(C2=CN3C(=O)C=C(c4cc(Cl)c5nc(C)cn5c4)PC3C=C2)C[C@@H]1C. The van der Waals surface area contributed by atoms with Gasteiger partial charge in [0.2, 0.25) is 0 Å². The summed E-state index contributed by atoms with van der Waals surface area (Å²) in [6.45, 7) is 8.80. The second kappa shape index (κ2) is 9.22. The zero-order valence-corrected chi connectivity index (χ0v) is 20.9. The number of halogens is 1. The minimum absolute atomic E-state index is 0.0143. The predicted molar refractivity (Wildman–Crippen MR) is 134 cm³/mol. The van der Waals surface area contributed by atoms with Crippen LogP contribution in [0.4, 0.5) is 0 Å². The van der Waals surface area contributed by atoms with Crippen molar-refractivity contribution in [3.05, 3.63) is 64.9 Å². The topological polar surface area (TPSA) is 53.3 Å². The molecule has 1 fully saturated rings. The molecule has 7 nitrogen and oxygen atoms in total. The lowest BCUT2D eigenvalue weighted by molar-refractivity contribution is -0.123. The fraction of sp³-hybridized carbons (Fsp3) is 0.417. The Hall–Kier alpha value is -2.18. The van der Waals surface area contributed by atoms with Crippen molar-refractivity contribution in [1.29, 1.82) is 0 Å². The number of pyridine rings is 1. The van der Waals surface area contributed by atoms with E-state index in [0.29, 0.717) is 19.6 Å². The molecule has 1 amide bonds. The number of aryl methyl sites for hydroxylation is 1. The molecule has 3 atom stereocenters. The number of hydrogen-bond donors (Lipinski definition) is 0. The van der Waals surface area contributed by atoms with Gasteiger partial charge in [-0.05, 0) is 31.3 Å². The summed E-state index contributed by atoms with van der Waals surface area (Å²) >= 11 is 6.48. The summed E-state index contributed by atoms with van der Waals surface area (Å²) in [5.74, 6) is 0.0565. The van der Waals surface area contributed by atoms with Crippen molar-refractivity contribution in [3.63, 3.8) is 0 Å². The van der Waals surface area contributed by atoms with Crippen LogP contribution < -0.4 is 0 Å². The van der Waals surface area contributed by atoms with E-state index in [2.05, 4.69) is 33.9 Å². The molecular formula is C24H29ClN5O2P. The lowest BCUT2D eigenvalue weighted by Gasteiger charge is -2.43. The van der Waals surface area contributed by atoms with Crippen LogP contribution in [0.2, 0.25) is 5.02 Å². The maximum absolute atomic E-state index is 13.1. The lowest BCUT2D eigenvalue weighted by Crippen LogP contribution is -2.52. The van der Waals surface area contributed by atoms with Crippen LogP contribution in [0.1, 0.15) is 18.2 Å². The molecule has 0 radical (unpaired) electrons. The minimum Gasteiger partial charge on any atom is -0.383 e. The molecule has 2 aromatic rings. The highest BCUT2D eigenvalue weighted by Gasteiger charge is 2.31. The van der Waals surface area contributed by atoms with E-state index < -0.39 is 0 Å². The van der Waals surface area contributed by atoms with Gasteiger partial charge in [0.15, 0.2) is 5.65 Å². The van der Waals surface area contributed by atoms with Crippen molar-refractivity contribution >= 4 is 37.1 Å². The average Bonchev–Trinajstić information content (AvgIpc) is 3.19. The average molecular weight is 486 g/mol. The number of hydrogen-bond acceptors (Lipinski definition) is 5. The minimum atomic E-state index is 0.0143. The number of carbonyl (C=O) groups is 1. The molecule has 2 unspecified atom stereocenters. The first-order chi connectivity index (χ1) is 15.9. The number of imidazole rings is 1. The Morgan fingerprint density at radius 1 is 1.30 bits per heavy atom. The maximum atomic E-state index is 13.1. The zero-order chi connectivity index (χ0) is 23.1. The van der Waals surface area contributed by atoms with E-state index in [0.717, 1.165) is 60.7 Å². The van der Waals surface area contributed by atoms with Gasteiger partial charge in [0, 0.05) is 69.6 Å². The Morgan fingerprint density at radius 2 is 2.15 bits per heavy atom. The third-order valence-electron chi connectivity index (χ3n) is 6.50. The standard InChI is InChI=1S/C24H29ClN5O2P/c1-16-12-29-14-18(10-20(25)24(29)26-16)21-11-22(31)30-15-19(4-5-23(30)33-21)28-7-6-27(8-9-32-3)17(2)13-28/h4-5,10-12,14-15,17,23,33H,6-9,13H2,1-3H3/t17-,23?/m0/s1. The number of rotatable bonds is 5. The van der Waals surface area contributed by atoms with Crippen molar-refractivity contribution in [2.75, 3.05) is 39.9 Å². The van der Waals surface area contributed by atoms with Gasteiger partial charge in [-0.3, -0.25) is 9.69 Å². The van der Waals surface area contributed by atoms with Gasteiger partial charge in [-0.2, -0.15) is 0 Å². The Labute approximate surface area is 201 Å². The molecule has 33 heavy (non-hydrogen) atoms. The van der Waals surface area contributed by atoms with Gasteiger partial charge in [-0.25, -0.2) is 4.98 Å². The molecule has 0 aliphatic carbocycles. The van der Waals surface area contributed by atoms with Crippen molar-refractivity contribution in [3.8, 4) is 0 Å². The molecule has 3 aliphatic rings. The van der Waals surface area contributed by atoms with Crippen LogP contribution in [0.3, 0.4) is 0 Å². The molecule has 0 aromatic carbocycles. The van der Waals surface area contributed by atoms with Crippen LogP contribution in [0.25, 0.3) is 11.0 Å². The van der Waals surface area contributed by atoms with E-state index in [1.807, 2.05) is 40.9 Å². The number of ether oxygens (including phenoxy) is 1. The van der Waals surface area contributed by atoms with Crippen molar-refractivity contribution in [2.24, 2.45) is 0 Å². The van der Waals surface area contributed by atoms with Crippen molar-refractivity contribution in [2.45, 2.75) is 25.7 Å². The lowest BCUT2D eigenvalue weighted by atomic mass is 10.1. The summed E-state index contributed by atoms with van der Waals surface area (Å²) < 4.78 is 7.18. The second-order valence-corrected chi connectivity index (χ2v) is 10.6. The zero-order valence-electron chi connectivity index (χ0n) is 19.2. The van der Waals surface area contributed by atoms with E-state index in [9.17, 15) is 4.79 Å². The maximum Gasteiger partial charge on any atom is 0.252 e. The first kappa shape index (κ1) is 22.6. The Bertz CT molecular complexity index is 1170. The van der Waals surface area contributed by atoms with Crippen LogP contribution in [-0.4, -0.2) is 81.7 Å². The number of fused-ring (bicyclic) bond motifs is 2. The molecule has 5 heterocycles. The summed E-state index contributed by atoms with van der Waals surface area (Å²) in [6.07, 6.45) is 12.1. The molecule has 0 bridgehead atoms. The van der Waals surface area contributed by atoms with Crippen LogP contribution in [0.15, 0.2) is 48.6 Å². The number of carbonyl (C=O) groups excluding carboxylic acids is 1. The third kappa shape index (κ3) is 4.47. The Balaban J connectivity index is 1.33. The van der Waals surface area contributed by atoms with Crippen LogP contribution in [0, 0.1) is 6.92 Å². The molecular weight excluding hydrogens is 457 g/mol. The predicted octanol–water partition coefficient (Wildman–Crippen LogP) is 3.55. The van der Waals surface area contributed by atoms with Gasteiger partial charge in [-0.1, -0.05) is 26.3 Å². The summed E-state index contributed by atoms with van der Waals surface area (Å²) in [6, 6.07) is 2.36. The largest absolute Gasteiger partial charge is 0.383 e. The van der Waals surface area contributed by atoms with Gasteiger partial charge in [0.1, 0.15) is 0 Å². The van der Waals surface area contributed by atoms with Crippen LogP contribution in [0.5, 0.6) is 0 Å². The van der Waals surface area contributed by atoms with Gasteiger partial charge < -0.3 is 18.9 Å². The van der Waals surface area contributed by atoms with Gasteiger partial charge in [0.25, 0.3) is 5.91 Å². The quantitative estimate of drug-likeness (QED) is 0.606. The normalized spacial score (nSPS) is 24.4. The Morgan fingerprint density at radius 3 is 2.94 bits per heavy atom. The molecule has 2 aromatic heterocycles. The first-order valence-electron chi connectivity index (χ1n) is 11.3. The summed E-state index contributed by atoms with van der Waals surface area (Å²) in [4.78, 5) is 24.3. The molecule has 0 N–H and O–H groups in total. The smallest absolute Gasteiger partial charge is 0.252 e. The second-order valence-electron chi connectivity index (χ2n) is 8.82. The highest BCUT2D eigenvalue weighted by atomic mass is 35.5. The first-order valence-corrected chi connectivity index (χ1v) is 12.7. The Kier molecular flexibility index (Phi) is 6.32. The van der Waals surface area contributed by atoms with E-state index in [1.54, 1.807) is 13.2 Å². The molecule has 0 spiro atoms. The summed E-state index contributed by atoms with van der Waals surface area (Å²) in [7, 11) is 2.20. The van der Waals surface area contributed by atoms with E-state index in [-0.39, 0.29) is 11.7 Å². The molecule has 9 heteroatoms. The number of piperazine rings is 1. The molecule has 5 rings (SSSR count). The van der Waals surface area contributed by atoms with Crippen molar-refractivity contribution in [1.82, 2.24) is 24.1 Å². The molecule has 0 saturated carbocycles. The van der Waals surface area contributed by atoms with Crippen LogP contribution >= 0.6 is 20.2 Å². The third-order valence-corrected chi connectivity index (χ3v) is 8.29. The van der Waals surface area contributed by atoms with Crippen molar-refractivity contribution < 1.29 is 9.53 Å². The van der Waals surface area contributed by atoms with Crippen LogP contribution in [-0.2, 0) is 9.53 Å². The monoisotopic (exact) mass is 485 g/mol. The van der Waals surface area contributed by atoms with Gasteiger partial charge >= 0.3 is 0 Å².